The number of H-pyrrole nitrogens is 2. The predicted octanol–water partition coefficient (Wildman–Crippen LogP) is 5.40. The molecule has 0 saturated heterocycles. The van der Waals surface area contributed by atoms with Crippen LogP contribution in [0.1, 0.15) is 64.2 Å². The zero-order valence-electron chi connectivity index (χ0n) is 28.7. The van der Waals surface area contributed by atoms with Gasteiger partial charge >= 0.3 is 0 Å². The summed E-state index contributed by atoms with van der Waals surface area (Å²) in [7, 11) is 6.95. The van der Waals surface area contributed by atoms with Crippen LogP contribution in [0.2, 0.25) is 0 Å². The zero-order chi connectivity index (χ0) is 34.4. The van der Waals surface area contributed by atoms with Crippen LogP contribution in [0.25, 0.3) is 33.0 Å². The van der Waals surface area contributed by atoms with Crippen molar-refractivity contribution in [2.45, 2.75) is 32.1 Å². The first-order valence-electron chi connectivity index (χ1n) is 17.2. The molecule has 2 atom stereocenters. The molecule has 2 N–H and O–H groups in total. The molecule has 1 fully saturated rings. The van der Waals surface area contributed by atoms with E-state index in [4.69, 9.17) is 0 Å². The van der Waals surface area contributed by atoms with Crippen molar-refractivity contribution in [3.05, 3.63) is 83.2 Å². The van der Waals surface area contributed by atoms with Gasteiger partial charge in [0.05, 0.1) is 0 Å². The smallest absolute Gasteiger partial charge is 0.269 e. The maximum absolute atomic E-state index is 13.8. The van der Waals surface area contributed by atoms with Gasteiger partial charge in [-0.1, -0.05) is 36.4 Å². The van der Waals surface area contributed by atoms with E-state index in [-0.39, 0.29) is 35.5 Å². The monoisotopic (exact) mass is 660 g/mol. The molecule has 2 aromatic heterocycles. The highest BCUT2D eigenvalue weighted by atomic mass is 16.2. The van der Waals surface area contributed by atoms with E-state index in [1.807, 2.05) is 34.1 Å². The van der Waals surface area contributed by atoms with E-state index in [0.29, 0.717) is 44.0 Å². The minimum absolute atomic E-state index is 0.0692. The Morgan fingerprint density at radius 1 is 0.633 bits per heavy atom. The summed E-state index contributed by atoms with van der Waals surface area (Å²) in [6, 6.07) is 16.0. The molecule has 0 spiro atoms. The first-order valence-corrected chi connectivity index (χ1v) is 17.2. The van der Waals surface area contributed by atoms with Gasteiger partial charge in [-0.2, -0.15) is 0 Å². The SMILES string of the molecule is CN(C)C(=O)c1cc2ccc(C3=CCCN(C(=O)[C@@H]4CC[C@H](C(=O)N5CCC=C(c6ccc7cc(C(=O)N(C)C)[nH]c7c6)C5)C4)C3)cc2[nH]1. The van der Waals surface area contributed by atoms with Crippen molar-refractivity contribution in [1.29, 1.82) is 0 Å². The molecule has 7 rings (SSSR count). The molecule has 4 aromatic rings. The molecule has 0 unspecified atom stereocenters. The molecule has 3 aliphatic rings. The van der Waals surface area contributed by atoms with E-state index >= 15 is 0 Å². The van der Waals surface area contributed by atoms with Gasteiger partial charge in [-0.05, 0) is 78.6 Å². The number of aromatic amines is 2. The van der Waals surface area contributed by atoms with Crippen molar-refractivity contribution in [3.8, 4) is 0 Å². The average molecular weight is 661 g/mol. The van der Waals surface area contributed by atoms with Gasteiger partial charge in [0.15, 0.2) is 0 Å². The summed E-state index contributed by atoms with van der Waals surface area (Å²) >= 11 is 0. The third kappa shape index (κ3) is 6.39. The number of hydrogen-bond acceptors (Lipinski definition) is 4. The first-order chi connectivity index (χ1) is 23.5. The second-order valence-corrected chi connectivity index (χ2v) is 14.1. The fourth-order valence-corrected chi connectivity index (χ4v) is 7.59. The summed E-state index contributed by atoms with van der Waals surface area (Å²) in [4.78, 5) is 66.0. The Morgan fingerprint density at radius 3 is 1.47 bits per heavy atom. The average Bonchev–Trinajstić information content (AvgIpc) is 3.88. The van der Waals surface area contributed by atoms with Crippen LogP contribution in [0.4, 0.5) is 0 Å². The Morgan fingerprint density at radius 2 is 1.06 bits per heavy atom. The molecule has 4 heterocycles. The number of hydrogen-bond donors (Lipinski definition) is 2. The summed E-state index contributed by atoms with van der Waals surface area (Å²) < 4.78 is 0. The molecular formula is C39H44N6O4. The van der Waals surface area contributed by atoms with Crippen molar-refractivity contribution < 1.29 is 19.2 Å². The largest absolute Gasteiger partial charge is 0.351 e. The minimum Gasteiger partial charge on any atom is -0.351 e. The summed E-state index contributed by atoms with van der Waals surface area (Å²) in [6.07, 6.45) is 8.04. The fourth-order valence-electron chi connectivity index (χ4n) is 7.59. The van der Waals surface area contributed by atoms with E-state index in [2.05, 4.69) is 46.4 Å². The van der Waals surface area contributed by atoms with Gasteiger partial charge in [0.1, 0.15) is 11.4 Å². The fraction of sp³-hybridized carbons (Fsp3) is 0.385. The Hall–Kier alpha value is -5.12. The molecule has 49 heavy (non-hydrogen) atoms. The highest BCUT2D eigenvalue weighted by Gasteiger charge is 2.38. The van der Waals surface area contributed by atoms with Crippen molar-refractivity contribution in [1.82, 2.24) is 29.6 Å². The lowest BCUT2D eigenvalue weighted by molar-refractivity contribution is -0.136. The Balaban J connectivity index is 0.969. The van der Waals surface area contributed by atoms with Crippen LogP contribution >= 0.6 is 0 Å². The van der Waals surface area contributed by atoms with Crippen molar-refractivity contribution in [3.63, 3.8) is 0 Å². The van der Waals surface area contributed by atoms with Gasteiger partial charge in [0, 0.05) is 88.0 Å². The molecule has 2 aromatic carbocycles. The molecule has 0 radical (unpaired) electrons. The number of fused-ring (bicyclic) bond motifs is 2. The summed E-state index contributed by atoms with van der Waals surface area (Å²) in [6.45, 7) is 2.44. The number of carbonyl (C=O) groups is 4. The van der Waals surface area contributed by atoms with E-state index in [0.717, 1.165) is 69.8 Å². The Bertz CT molecular complexity index is 1890. The predicted molar refractivity (Wildman–Crippen MR) is 192 cm³/mol. The second-order valence-electron chi connectivity index (χ2n) is 14.1. The standard InChI is InChI=1S/C39H44N6O4/c1-42(2)38(48)34-20-26-11-9-24(18-32(26)40-34)30-7-5-15-44(22-30)36(46)28-13-14-29(17-28)37(47)45-16-6-8-31(23-45)25-10-12-27-21-35(39(49)43(3)4)41-33(27)19-25/h7-12,18-21,28-29,40-41H,5-6,13-17,22-23H2,1-4H3/t28-,29+. The lowest BCUT2D eigenvalue weighted by atomic mass is 9.96. The third-order valence-corrected chi connectivity index (χ3v) is 10.3. The number of aromatic nitrogens is 2. The maximum Gasteiger partial charge on any atom is 0.269 e. The van der Waals surface area contributed by atoms with Gasteiger partial charge in [-0.15, -0.1) is 0 Å². The maximum atomic E-state index is 13.8. The number of benzene rings is 2. The van der Waals surface area contributed by atoms with Gasteiger partial charge < -0.3 is 29.6 Å². The van der Waals surface area contributed by atoms with Gasteiger partial charge in [-0.25, -0.2) is 0 Å². The molecule has 1 aliphatic carbocycles. The topological polar surface area (TPSA) is 113 Å². The van der Waals surface area contributed by atoms with Crippen LogP contribution in [0.15, 0.2) is 60.7 Å². The van der Waals surface area contributed by atoms with Crippen molar-refractivity contribution in [2.75, 3.05) is 54.4 Å². The van der Waals surface area contributed by atoms with Crippen LogP contribution < -0.4 is 0 Å². The highest BCUT2D eigenvalue weighted by molar-refractivity contribution is 5.99. The van der Waals surface area contributed by atoms with E-state index in [9.17, 15) is 19.2 Å². The van der Waals surface area contributed by atoms with Crippen molar-refractivity contribution >= 4 is 56.6 Å². The highest BCUT2D eigenvalue weighted by Crippen LogP contribution is 2.36. The number of rotatable bonds is 6. The van der Waals surface area contributed by atoms with Gasteiger partial charge in [-0.3, -0.25) is 19.2 Å². The molecule has 4 amide bonds. The Labute approximate surface area is 286 Å². The van der Waals surface area contributed by atoms with E-state index in [1.54, 1.807) is 38.0 Å². The van der Waals surface area contributed by atoms with E-state index < -0.39 is 0 Å². The minimum atomic E-state index is -0.145. The number of amides is 4. The quantitative estimate of drug-likeness (QED) is 0.289. The summed E-state index contributed by atoms with van der Waals surface area (Å²) in [5, 5.41) is 1.95. The van der Waals surface area contributed by atoms with Crippen molar-refractivity contribution in [2.24, 2.45) is 11.8 Å². The molecule has 10 heteroatoms. The van der Waals surface area contributed by atoms with Crippen LogP contribution in [0.3, 0.4) is 0 Å². The number of nitrogens with one attached hydrogen (secondary N) is 2. The van der Waals surface area contributed by atoms with Gasteiger partial charge in [0.25, 0.3) is 11.8 Å². The lowest BCUT2D eigenvalue weighted by Gasteiger charge is -2.31. The zero-order valence-corrected chi connectivity index (χ0v) is 28.7. The molecule has 10 nitrogen and oxygen atoms in total. The van der Waals surface area contributed by atoms with Crippen LogP contribution in [-0.2, 0) is 9.59 Å². The second kappa shape index (κ2) is 13.1. The summed E-state index contributed by atoms with van der Waals surface area (Å²) in [5.41, 5.74) is 7.20. The molecule has 2 aliphatic heterocycles. The molecular weight excluding hydrogens is 616 g/mol. The van der Waals surface area contributed by atoms with Crippen LogP contribution in [0, 0.1) is 11.8 Å². The number of carbonyl (C=O) groups excluding carboxylic acids is 4. The van der Waals surface area contributed by atoms with E-state index in [1.165, 1.54) is 0 Å². The lowest BCUT2D eigenvalue weighted by Crippen LogP contribution is -2.40. The van der Waals surface area contributed by atoms with Crippen LogP contribution in [0.5, 0.6) is 0 Å². The Kier molecular flexibility index (Phi) is 8.64. The van der Waals surface area contributed by atoms with Gasteiger partial charge in [0.2, 0.25) is 11.8 Å². The van der Waals surface area contributed by atoms with Crippen LogP contribution in [-0.4, -0.2) is 108 Å². The summed E-state index contributed by atoms with van der Waals surface area (Å²) in [5.74, 6) is -0.140. The molecule has 254 valence electrons. The molecule has 1 saturated carbocycles. The molecule has 0 bridgehead atoms. The normalized spacial score (nSPS) is 19.6. The first kappa shape index (κ1) is 32.4. The third-order valence-electron chi connectivity index (χ3n) is 10.3. The number of nitrogens with zero attached hydrogens (tertiary/aromatic N) is 4.